The first-order valence-corrected chi connectivity index (χ1v) is 9.96. The Morgan fingerprint density at radius 3 is 1.34 bits per heavy atom. The minimum Gasteiger partial charge on any atom is -0.480 e. The number of carboxylic acids is 4. The van der Waals surface area contributed by atoms with Crippen LogP contribution in [0.4, 0.5) is 0 Å². The van der Waals surface area contributed by atoms with Gasteiger partial charge >= 0.3 is 23.9 Å². The summed E-state index contributed by atoms with van der Waals surface area (Å²) in [6, 6.07) is 0. The molecule has 4 N–H and O–H groups in total. The van der Waals surface area contributed by atoms with Crippen molar-refractivity contribution >= 4 is 29.8 Å². The summed E-state index contributed by atoms with van der Waals surface area (Å²) >= 11 is 0. The zero-order valence-electron chi connectivity index (χ0n) is 17.7. The molecule has 1 amide bonds. The molecule has 0 spiro atoms. The largest absolute Gasteiger partial charge is 0.480 e. The Hall–Kier alpha value is -2.81. The zero-order valence-corrected chi connectivity index (χ0v) is 17.7. The molecule has 0 saturated carbocycles. The van der Waals surface area contributed by atoms with Gasteiger partial charge in [0.25, 0.3) is 0 Å². The molecule has 0 unspecified atom stereocenters. The fraction of sp³-hybridized carbons (Fsp3) is 0.722. The Labute approximate surface area is 184 Å². The molecule has 0 bridgehead atoms. The van der Waals surface area contributed by atoms with Crippen LogP contribution in [0.15, 0.2) is 0 Å². The monoisotopic (exact) mass is 462 g/mol. The van der Waals surface area contributed by atoms with Crippen molar-refractivity contribution in [2.24, 2.45) is 0 Å². The molecule has 0 aliphatic carbocycles. The Kier molecular flexibility index (Phi) is 12.2. The predicted molar refractivity (Wildman–Crippen MR) is 107 cm³/mol. The third-order valence-electron chi connectivity index (χ3n) is 4.62. The number of hydrogen-bond acceptors (Lipinski definition) is 9. The van der Waals surface area contributed by atoms with Crippen molar-refractivity contribution in [3.63, 3.8) is 0 Å². The van der Waals surface area contributed by atoms with E-state index in [0.717, 1.165) is 4.90 Å². The molecule has 32 heavy (non-hydrogen) atoms. The second kappa shape index (κ2) is 14.3. The smallest absolute Gasteiger partial charge is 0.317 e. The van der Waals surface area contributed by atoms with Crippen LogP contribution in [0.25, 0.3) is 0 Å². The third-order valence-corrected chi connectivity index (χ3v) is 4.62. The summed E-state index contributed by atoms with van der Waals surface area (Å²) in [5.41, 5.74) is 0. The van der Waals surface area contributed by atoms with E-state index in [2.05, 4.69) is 0 Å². The lowest BCUT2D eigenvalue weighted by atomic mass is 10.3. The van der Waals surface area contributed by atoms with Crippen molar-refractivity contribution in [2.45, 2.75) is 0 Å². The molecular weight excluding hydrogens is 432 g/mol. The number of carboxylic acid groups (broad SMARTS) is 4. The van der Waals surface area contributed by atoms with E-state index < -0.39 is 50.1 Å². The number of hydrogen-bond donors (Lipinski definition) is 4. The van der Waals surface area contributed by atoms with Gasteiger partial charge in [0.05, 0.1) is 45.9 Å². The molecule has 1 saturated heterocycles. The van der Waals surface area contributed by atoms with Crippen LogP contribution in [0.2, 0.25) is 0 Å². The van der Waals surface area contributed by atoms with Gasteiger partial charge in [-0.2, -0.15) is 0 Å². The molecule has 1 rings (SSSR count). The van der Waals surface area contributed by atoms with Crippen molar-refractivity contribution in [2.75, 3.05) is 85.2 Å². The second-order valence-corrected chi connectivity index (χ2v) is 7.27. The molecule has 1 aliphatic rings. The van der Waals surface area contributed by atoms with Crippen LogP contribution < -0.4 is 0 Å². The van der Waals surface area contributed by atoms with Crippen LogP contribution in [0, 0.1) is 0 Å². The van der Waals surface area contributed by atoms with E-state index in [-0.39, 0.29) is 38.6 Å². The van der Waals surface area contributed by atoms with Gasteiger partial charge in [0.15, 0.2) is 0 Å². The highest BCUT2D eigenvalue weighted by atomic mass is 16.5. The van der Waals surface area contributed by atoms with Crippen LogP contribution >= 0.6 is 0 Å². The maximum absolute atomic E-state index is 12.4. The van der Waals surface area contributed by atoms with Crippen molar-refractivity contribution in [3.05, 3.63) is 0 Å². The number of carbonyl (C=O) groups is 5. The molecule has 14 heteroatoms. The molecule has 14 nitrogen and oxygen atoms in total. The maximum atomic E-state index is 12.4. The number of carbonyl (C=O) groups excluding carboxylic acids is 1. The summed E-state index contributed by atoms with van der Waals surface area (Å²) in [6.07, 6.45) is 0. The van der Waals surface area contributed by atoms with E-state index in [1.165, 1.54) is 9.80 Å². The SMILES string of the molecule is O=C(O)CN(CCN(CC(=O)O)CC(=O)O)CCN(CC(=O)O)CC(=O)N1CCOCC1. The first-order valence-electron chi connectivity index (χ1n) is 9.96. The highest BCUT2D eigenvalue weighted by molar-refractivity contribution is 5.79. The van der Waals surface area contributed by atoms with E-state index in [4.69, 9.17) is 25.2 Å². The lowest BCUT2D eigenvalue weighted by Crippen LogP contribution is -2.49. The van der Waals surface area contributed by atoms with E-state index in [0.29, 0.717) is 26.3 Å². The molecule has 0 aromatic rings. The van der Waals surface area contributed by atoms with Crippen molar-refractivity contribution in [3.8, 4) is 0 Å². The summed E-state index contributed by atoms with van der Waals surface area (Å²) in [6.45, 7) is -0.202. The number of nitrogens with zero attached hydrogens (tertiary/aromatic N) is 4. The van der Waals surface area contributed by atoms with E-state index in [1.54, 1.807) is 4.90 Å². The van der Waals surface area contributed by atoms with Gasteiger partial charge in [-0.05, 0) is 0 Å². The summed E-state index contributed by atoms with van der Waals surface area (Å²) in [5, 5.41) is 36.1. The number of rotatable bonds is 16. The number of amides is 1. The Morgan fingerprint density at radius 2 is 0.938 bits per heavy atom. The van der Waals surface area contributed by atoms with Crippen molar-refractivity contribution in [1.82, 2.24) is 19.6 Å². The number of aliphatic carboxylic acids is 4. The van der Waals surface area contributed by atoms with Crippen LogP contribution in [0.5, 0.6) is 0 Å². The van der Waals surface area contributed by atoms with Crippen molar-refractivity contribution in [1.29, 1.82) is 0 Å². The molecule has 1 heterocycles. The molecule has 0 aromatic heterocycles. The average Bonchev–Trinajstić information content (AvgIpc) is 2.68. The van der Waals surface area contributed by atoms with Crippen molar-refractivity contribution < 1.29 is 49.1 Å². The van der Waals surface area contributed by atoms with Crippen LogP contribution in [0.3, 0.4) is 0 Å². The van der Waals surface area contributed by atoms with Gasteiger partial charge in [-0.1, -0.05) is 0 Å². The normalized spacial score (nSPS) is 14.2. The third kappa shape index (κ3) is 12.1. The zero-order chi connectivity index (χ0) is 24.1. The highest BCUT2D eigenvalue weighted by Gasteiger charge is 2.22. The first kappa shape index (κ1) is 27.2. The van der Waals surface area contributed by atoms with E-state index >= 15 is 0 Å². The van der Waals surface area contributed by atoms with Gasteiger partial charge in [-0.15, -0.1) is 0 Å². The Bertz CT molecular complexity index is 652. The first-order chi connectivity index (χ1) is 15.1. The lowest BCUT2D eigenvalue weighted by molar-refractivity contribution is -0.143. The quantitative estimate of drug-likeness (QED) is 0.183. The molecule has 1 fully saturated rings. The van der Waals surface area contributed by atoms with Gasteiger partial charge in [0.2, 0.25) is 5.91 Å². The fourth-order valence-electron chi connectivity index (χ4n) is 3.13. The van der Waals surface area contributed by atoms with Gasteiger partial charge < -0.3 is 30.1 Å². The summed E-state index contributed by atoms with van der Waals surface area (Å²) < 4.78 is 5.19. The standard InChI is InChI=1S/C18H30N4O10/c23-14(22-5-7-32-8-6-22)9-20(11-16(26)27)3-1-19(10-15(24)25)2-4-21(12-17(28)29)13-18(30)31/h1-13H2,(H,24,25)(H,26,27)(H,28,29)(H,30,31). The van der Waals surface area contributed by atoms with Crippen LogP contribution in [-0.2, 0) is 28.7 Å². The predicted octanol–water partition coefficient (Wildman–Crippen LogP) is -2.91. The molecule has 182 valence electrons. The van der Waals surface area contributed by atoms with Gasteiger partial charge in [0.1, 0.15) is 0 Å². The average molecular weight is 462 g/mol. The van der Waals surface area contributed by atoms with Gasteiger partial charge in [-0.3, -0.25) is 38.7 Å². The van der Waals surface area contributed by atoms with Crippen LogP contribution in [0.1, 0.15) is 0 Å². The Morgan fingerprint density at radius 1 is 0.594 bits per heavy atom. The molecular formula is C18H30N4O10. The lowest BCUT2D eigenvalue weighted by Gasteiger charge is -2.31. The van der Waals surface area contributed by atoms with Gasteiger partial charge in [-0.25, -0.2) is 0 Å². The summed E-state index contributed by atoms with van der Waals surface area (Å²) in [7, 11) is 0. The summed E-state index contributed by atoms with van der Waals surface area (Å²) in [5.74, 6) is -4.98. The fourth-order valence-corrected chi connectivity index (χ4v) is 3.13. The Balaban J connectivity index is 2.70. The van der Waals surface area contributed by atoms with E-state index in [1.807, 2.05) is 0 Å². The molecule has 1 aliphatic heterocycles. The number of ether oxygens (including phenoxy) is 1. The molecule has 0 radical (unpaired) electrons. The topological polar surface area (TPSA) is 188 Å². The molecule has 0 aromatic carbocycles. The highest BCUT2D eigenvalue weighted by Crippen LogP contribution is 2.01. The molecule has 0 atom stereocenters. The maximum Gasteiger partial charge on any atom is 0.317 e. The minimum atomic E-state index is -1.22. The summed E-state index contributed by atoms with van der Waals surface area (Å²) in [4.78, 5) is 62.2. The van der Waals surface area contributed by atoms with E-state index in [9.17, 15) is 24.0 Å². The second-order valence-electron chi connectivity index (χ2n) is 7.27. The van der Waals surface area contributed by atoms with Gasteiger partial charge in [0, 0.05) is 39.3 Å². The van der Waals surface area contributed by atoms with Crippen LogP contribution in [-0.4, -0.2) is 155 Å². The number of morpholine rings is 1. The minimum absolute atomic E-state index is 0.0164.